The maximum absolute atomic E-state index is 12.8. The lowest BCUT2D eigenvalue weighted by molar-refractivity contribution is -0.231. The Morgan fingerprint density at radius 3 is 1.53 bits per heavy atom. The number of rotatable bonds is 15. The van der Waals surface area contributed by atoms with Crippen LogP contribution in [0.5, 0.6) is 17.2 Å². The summed E-state index contributed by atoms with van der Waals surface area (Å²) in [5.74, 6) is 5.12. The molecule has 0 aromatic heterocycles. The van der Waals surface area contributed by atoms with Crippen LogP contribution in [0.1, 0.15) is 217 Å². The highest BCUT2D eigenvalue weighted by molar-refractivity contribution is 14.1. The molecule has 5 aliphatic carbocycles. The number of phenolic OH excluding ortho intramolecular Hbond substituents is 2. The van der Waals surface area contributed by atoms with Crippen molar-refractivity contribution < 1.29 is 43.5 Å². The normalized spacial score (nSPS) is 23.5. The lowest BCUT2D eigenvalue weighted by Crippen LogP contribution is -2.63. The Bertz CT molecular complexity index is 1900. The Hall–Kier alpha value is -3.02. The number of aromatic hydroxyl groups is 2. The van der Waals surface area contributed by atoms with Crippen LogP contribution in [0.25, 0.3) is 0 Å². The third-order valence-corrected chi connectivity index (χ3v) is 17.6. The van der Waals surface area contributed by atoms with Gasteiger partial charge >= 0.3 is 17.9 Å². The predicted octanol–water partition coefficient (Wildman–Crippen LogP) is 15.7. The molecule has 5 aliphatic rings. The standard InChI is InChI=1S/C19H32O2.C15H21IO4.C14H26O2.C10H14O/c1-6-18(4,5)17(20)21-19(12(2)3)15-8-13-7-14(10-15)11-16(19)9-13;1-6-15(3,4)14(18)20-9(2)10-7-11(16)13(17)12(8-10)19-5;1-6-13(4,5)12(15)16-14(11(2)3)9-7-8-10-14;1-3-8(2)9-4-6-10(11)7-5-9/h12-16H,6-11H2,1-5H3;7-9,17H,6H2,1-5H3;11H,6-10H2,1-5H3;4-8,11H,3H2,1-2H3. The van der Waals surface area contributed by atoms with Crippen LogP contribution in [0.4, 0.5) is 0 Å². The lowest BCUT2D eigenvalue weighted by atomic mass is 9.47. The highest BCUT2D eigenvalue weighted by Gasteiger charge is 2.61. The topological polar surface area (TPSA) is 129 Å². The SMILES string of the molecule is CCC(C)(C)C(=O)OC(C)c1cc(I)c(O)c(OC)c1.CCC(C)(C)C(=O)OC1(C(C)C)C2CC3CC(C2)CC1C3.CCC(C)(C)C(=O)OC1(C(C)C)CCCC1.CCC(C)c1ccc(O)cc1. The monoisotopic (exact) mass is 1060 g/mol. The van der Waals surface area contributed by atoms with Crippen molar-refractivity contribution in [3.8, 4) is 17.2 Å². The summed E-state index contributed by atoms with van der Waals surface area (Å²) in [6.07, 6.45) is 14.2. The fraction of sp³-hybridized carbons (Fsp3) is 0.741. The van der Waals surface area contributed by atoms with Gasteiger partial charge in [0.25, 0.3) is 0 Å². The van der Waals surface area contributed by atoms with Crippen molar-refractivity contribution in [2.45, 2.75) is 217 Å². The number of methoxy groups -OCH3 is 1. The van der Waals surface area contributed by atoms with Crippen LogP contribution in [0.15, 0.2) is 36.4 Å². The molecule has 2 atom stereocenters. The molecular formula is C58H93IO9. The van der Waals surface area contributed by atoms with E-state index in [-0.39, 0.29) is 45.7 Å². The average molecular weight is 1060 g/mol. The minimum atomic E-state index is -0.498. The largest absolute Gasteiger partial charge is 0.508 e. The first-order chi connectivity index (χ1) is 31.6. The van der Waals surface area contributed by atoms with E-state index in [9.17, 15) is 19.5 Å². The van der Waals surface area contributed by atoms with Crippen molar-refractivity contribution in [3.63, 3.8) is 0 Å². The van der Waals surface area contributed by atoms with E-state index >= 15 is 0 Å². The lowest BCUT2D eigenvalue weighted by Gasteiger charge is -2.62. The zero-order chi connectivity index (χ0) is 51.6. The number of carbonyl (C=O) groups excluding carboxylic acids is 3. The van der Waals surface area contributed by atoms with E-state index in [2.05, 4.69) is 48.5 Å². The summed E-state index contributed by atoms with van der Waals surface area (Å²) in [6, 6.07) is 10.9. The second-order valence-corrected chi connectivity index (χ2v) is 24.4. The molecule has 68 heavy (non-hydrogen) atoms. The van der Waals surface area contributed by atoms with Gasteiger partial charge in [0.1, 0.15) is 23.1 Å². The Morgan fingerprint density at radius 1 is 0.662 bits per heavy atom. The molecule has 0 heterocycles. The molecule has 0 saturated heterocycles. The summed E-state index contributed by atoms with van der Waals surface area (Å²) >= 11 is 2.02. The van der Waals surface area contributed by atoms with Crippen LogP contribution < -0.4 is 4.74 Å². The maximum Gasteiger partial charge on any atom is 0.312 e. The van der Waals surface area contributed by atoms with Gasteiger partial charge in [-0.15, -0.1) is 0 Å². The van der Waals surface area contributed by atoms with Crippen LogP contribution in [0.3, 0.4) is 0 Å². The molecule has 10 heteroatoms. The molecule has 9 nitrogen and oxygen atoms in total. The smallest absolute Gasteiger partial charge is 0.312 e. The molecule has 5 fully saturated rings. The van der Waals surface area contributed by atoms with E-state index in [0.717, 1.165) is 55.9 Å². The number of esters is 3. The van der Waals surface area contributed by atoms with Crippen LogP contribution >= 0.6 is 22.6 Å². The summed E-state index contributed by atoms with van der Waals surface area (Å²) in [5.41, 5.74) is 0.554. The molecule has 7 rings (SSSR count). The predicted molar refractivity (Wildman–Crippen MR) is 284 cm³/mol. The summed E-state index contributed by atoms with van der Waals surface area (Å²) < 4.78 is 23.6. The van der Waals surface area contributed by atoms with Crippen molar-refractivity contribution >= 4 is 40.5 Å². The molecule has 2 aromatic carbocycles. The van der Waals surface area contributed by atoms with Crippen molar-refractivity contribution in [1.29, 1.82) is 0 Å². The Balaban J connectivity index is 0.000000246. The second kappa shape index (κ2) is 24.9. The van der Waals surface area contributed by atoms with Gasteiger partial charge < -0.3 is 29.2 Å². The van der Waals surface area contributed by atoms with Gasteiger partial charge in [-0.1, -0.05) is 74.4 Å². The number of phenols is 2. The fourth-order valence-electron chi connectivity index (χ4n) is 10.4. The van der Waals surface area contributed by atoms with Crippen molar-refractivity contribution in [3.05, 3.63) is 51.1 Å². The quantitative estimate of drug-likeness (QED) is 0.102. The van der Waals surface area contributed by atoms with E-state index < -0.39 is 11.5 Å². The zero-order valence-corrected chi connectivity index (χ0v) is 47.6. The van der Waals surface area contributed by atoms with Gasteiger partial charge in [-0.2, -0.15) is 0 Å². The molecule has 2 N–H and O–H groups in total. The van der Waals surface area contributed by atoms with Gasteiger partial charge in [-0.05, 0) is 231 Å². The first kappa shape index (κ1) is 59.3. The molecule has 0 radical (unpaired) electrons. The molecule has 4 bridgehead atoms. The minimum Gasteiger partial charge on any atom is -0.508 e. The van der Waals surface area contributed by atoms with Gasteiger partial charge in [-0.3, -0.25) is 14.4 Å². The van der Waals surface area contributed by atoms with E-state index in [4.69, 9.17) is 24.1 Å². The molecule has 2 unspecified atom stereocenters. The van der Waals surface area contributed by atoms with Crippen molar-refractivity contribution in [2.24, 2.45) is 51.8 Å². The maximum atomic E-state index is 12.8. The number of carbonyl (C=O) groups is 3. The van der Waals surface area contributed by atoms with Gasteiger partial charge in [0.2, 0.25) is 0 Å². The Kier molecular flexibility index (Phi) is 21.7. The highest BCUT2D eigenvalue weighted by Crippen LogP contribution is 2.62. The van der Waals surface area contributed by atoms with Crippen LogP contribution in [0, 0.1) is 55.3 Å². The summed E-state index contributed by atoms with van der Waals surface area (Å²) in [6.45, 7) is 32.8. The van der Waals surface area contributed by atoms with Gasteiger partial charge in [0, 0.05) is 0 Å². The Labute approximate surface area is 426 Å². The van der Waals surface area contributed by atoms with Gasteiger partial charge in [-0.25, -0.2) is 0 Å². The molecule has 5 saturated carbocycles. The number of ether oxygens (including phenoxy) is 4. The third-order valence-electron chi connectivity index (χ3n) is 16.8. The second-order valence-electron chi connectivity index (χ2n) is 23.2. The van der Waals surface area contributed by atoms with Crippen LogP contribution in [0.2, 0.25) is 0 Å². The number of hydrogen-bond donors (Lipinski definition) is 2. The first-order valence-corrected chi connectivity index (χ1v) is 27.2. The van der Waals surface area contributed by atoms with E-state index in [1.165, 1.54) is 57.6 Å². The summed E-state index contributed by atoms with van der Waals surface area (Å²) in [5, 5.41) is 18.8. The average Bonchev–Trinajstić information content (AvgIpc) is 3.78. The highest BCUT2D eigenvalue weighted by atomic mass is 127. The molecule has 386 valence electrons. The molecule has 0 aliphatic heterocycles. The summed E-state index contributed by atoms with van der Waals surface area (Å²) in [4.78, 5) is 37.0. The summed E-state index contributed by atoms with van der Waals surface area (Å²) in [7, 11) is 1.49. The van der Waals surface area contributed by atoms with Gasteiger partial charge in [0.15, 0.2) is 11.5 Å². The molecule has 0 amide bonds. The van der Waals surface area contributed by atoms with E-state index in [1.54, 1.807) is 24.3 Å². The number of benzene rings is 2. The fourth-order valence-corrected chi connectivity index (χ4v) is 11.0. The van der Waals surface area contributed by atoms with Crippen LogP contribution in [-0.2, 0) is 28.6 Å². The number of halogens is 1. The molecular weight excluding hydrogens is 968 g/mol. The third kappa shape index (κ3) is 14.5. The van der Waals surface area contributed by atoms with Crippen LogP contribution in [-0.4, -0.2) is 46.4 Å². The Morgan fingerprint density at radius 2 is 1.12 bits per heavy atom. The van der Waals surface area contributed by atoms with Crippen molar-refractivity contribution in [2.75, 3.05) is 7.11 Å². The van der Waals surface area contributed by atoms with Crippen molar-refractivity contribution in [1.82, 2.24) is 0 Å². The minimum absolute atomic E-state index is 0.0226. The van der Waals surface area contributed by atoms with E-state index in [0.29, 0.717) is 44.7 Å². The number of hydrogen-bond acceptors (Lipinski definition) is 9. The van der Waals surface area contributed by atoms with Gasteiger partial charge in [0.05, 0.1) is 26.9 Å². The zero-order valence-electron chi connectivity index (χ0n) is 45.4. The molecule has 0 spiro atoms. The first-order valence-electron chi connectivity index (χ1n) is 26.1. The molecule has 2 aromatic rings. The van der Waals surface area contributed by atoms with E-state index in [1.807, 2.05) is 97.0 Å².